The van der Waals surface area contributed by atoms with Crippen molar-refractivity contribution in [2.75, 3.05) is 37.9 Å². The van der Waals surface area contributed by atoms with E-state index < -0.39 is 0 Å². The van der Waals surface area contributed by atoms with Crippen molar-refractivity contribution in [1.29, 1.82) is 0 Å². The van der Waals surface area contributed by atoms with Crippen LogP contribution in [0.4, 0.5) is 0 Å². The van der Waals surface area contributed by atoms with Gasteiger partial charge in [0.05, 0.1) is 25.9 Å². The van der Waals surface area contributed by atoms with Crippen LogP contribution in [0.2, 0.25) is 0 Å². The third-order valence-electron chi connectivity index (χ3n) is 3.13. The van der Waals surface area contributed by atoms with Gasteiger partial charge in [-0.1, -0.05) is 13.8 Å². The Morgan fingerprint density at radius 2 is 2.25 bits per heavy atom. The molecule has 2 atom stereocenters. The predicted octanol–water partition coefficient (Wildman–Crippen LogP) is 1.52. The minimum atomic E-state index is 0.254. The maximum absolute atomic E-state index is 5.63. The van der Waals surface area contributed by atoms with Crippen LogP contribution in [0.15, 0.2) is 0 Å². The molecule has 1 N–H and O–H groups in total. The van der Waals surface area contributed by atoms with Gasteiger partial charge < -0.3 is 14.8 Å². The molecule has 2 aliphatic rings. The van der Waals surface area contributed by atoms with Crippen molar-refractivity contribution in [3.63, 3.8) is 0 Å². The van der Waals surface area contributed by atoms with E-state index in [2.05, 4.69) is 30.9 Å². The Morgan fingerprint density at radius 3 is 2.94 bits per heavy atom. The molecule has 0 aliphatic carbocycles. The summed E-state index contributed by atoms with van der Waals surface area (Å²) < 4.78 is 11.0. The zero-order valence-electron chi connectivity index (χ0n) is 10.3. The van der Waals surface area contributed by atoms with E-state index in [-0.39, 0.29) is 6.10 Å². The molecule has 0 bridgehead atoms. The summed E-state index contributed by atoms with van der Waals surface area (Å²) in [7, 11) is 0. The number of nitrogens with one attached hydrogen (secondary N) is 1. The minimum absolute atomic E-state index is 0.254. The lowest BCUT2D eigenvalue weighted by molar-refractivity contribution is -0.0871. The predicted molar refractivity (Wildman–Crippen MR) is 68.1 cm³/mol. The quantitative estimate of drug-likeness (QED) is 0.817. The van der Waals surface area contributed by atoms with Gasteiger partial charge in [0.1, 0.15) is 0 Å². The van der Waals surface area contributed by atoms with E-state index in [1.165, 1.54) is 17.9 Å². The summed E-state index contributed by atoms with van der Waals surface area (Å²) in [5.74, 6) is 2.52. The zero-order valence-corrected chi connectivity index (χ0v) is 11.1. The fraction of sp³-hybridized carbons (Fsp3) is 1.00. The van der Waals surface area contributed by atoms with Crippen molar-refractivity contribution in [3.8, 4) is 0 Å². The standard InChI is InChI=1S/C12H23NO2S/c1-12(2)5-10(8-16-9-12)13-6-11-7-14-3-4-15-11/h10-11,13H,3-9H2,1-2H3. The Morgan fingerprint density at radius 1 is 1.38 bits per heavy atom. The van der Waals surface area contributed by atoms with Gasteiger partial charge in [0, 0.05) is 18.3 Å². The second-order valence-corrected chi connectivity index (χ2v) is 6.59. The fourth-order valence-corrected chi connectivity index (χ4v) is 3.65. The van der Waals surface area contributed by atoms with Gasteiger partial charge in [-0.05, 0) is 17.6 Å². The molecule has 16 heavy (non-hydrogen) atoms. The summed E-state index contributed by atoms with van der Waals surface area (Å²) in [5.41, 5.74) is 0.477. The second kappa shape index (κ2) is 5.71. The molecule has 2 heterocycles. The molecule has 0 aromatic heterocycles. The highest BCUT2D eigenvalue weighted by atomic mass is 32.2. The maximum Gasteiger partial charge on any atom is 0.0933 e. The molecule has 0 radical (unpaired) electrons. The topological polar surface area (TPSA) is 30.5 Å². The molecule has 2 rings (SSSR count). The molecule has 2 saturated heterocycles. The Labute approximate surface area is 103 Å². The monoisotopic (exact) mass is 245 g/mol. The van der Waals surface area contributed by atoms with Gasteiger partial charge in [0.25, 0.3) is 0 Å². The highest BCUT2D eigenvalue weighted by Gasteiger charge is 2.28. The van der Waals surface area contributed by atoms with E-state index in [1.807, 2.05) is 0 Å². The van der Waals surface area contributed by atoms with Crippen molar-refractivity contribution in [1.82, 2.24) is 5.32 Å². The summed E-state index contributed by atoms with van der Waals surface area (Å²) in [6, 6.07) is 0.638. The summed E-state index contributed by atoms with van der Waals surface area (Å²) in [6.07, 6.45) is 1.52. The van der Waals surface area contributed by atoms with Gasteiger partial charge in [-0.15, -0.1) is 0 Å². The first kappa shape index (κ1) is 12.7. The molecule has 94 valence electrons. The molecule has 4 heteroatoms. The van der Waals surface area contributed by atoms with E-state index in [1.54, 1.807) is 0 Å². The fourth-order valence-electron chi connectivity index (χ4n) is 2.35. The van der Waals surface area contributed by atoms with E-state index >= 15 is 0 Å². The van der Waals surface area contributed by atoms with Crippen LogP contribution in [0.1, 0.15) is 20.3 Å². The highest BCUT2D eigenvalue weighted by molar-refractivity contribution is 7.99. The number of hydrogen-bond donors (Lipinski definition) is 1. The largest absolute Gasteiger partial charge is 0.376 e. The zero-order chi connectivity index (χ0) is 11.4. The average Bonchev–Trinajstić information content (AvgIpc) is 2.27. The second-order valence-electron chi connectivity index (χ2n) is 5.56. The van der Waals surface area contributed by atoms with Gasteiger partial charge >= 0.3 is 0 Å². The van der Waals surface area contributed by atoms with Gasteiger partial charge in [-0.3, -0.25) is 0 Å². The van der Waals surface area contributed by atoms with Crippen molar-refractivity contribution in [2.45, 2.75) is 32.4 Å². The van der Waals surface area contributed by atoms with Crippen LogP contribution in [0.5, 0.6) is 0 Å². The molecule has 2 unspecified atom stereocenters. The van der Waals surface area contributed by atoms with Gasteiger partial charge in [0.15, 0.2) is 0 Å². The lowest BCUT2D eigenvalue weighted by Gasteiger charge is -2.36. The molecule has 0 amide bonds. The van der Waals surface area contributed by atoms with Crippen molar-refractivity contribution in [2.24, 2.45) is 5.41 Å². The van der Waals surface area contributed by atoms with E-state index in [0.29, 0.717) is 11.5 Å². The Bertz CT molecular complexity index is 217. The van der Waals surface area contributed by atoms with Gasteiger partial charge in [-0.2, -0.15) is 11.8 Å². The summed E-state index contributed by atoms with van der Waals surface area (Å²) in [5, 5.41) is 3.62. The van der Waals surface area contributed by atoms with Crippen molar-refractivity contribution >= 4 is 11.8 Å². The Kier molecular flexibility index (Phi) is 4.53. The molecule has 3 nitrogen and oxygen atoms in total. The molecule has 2 fully saturated rings. The van der Waals surface area contributed by atoms with E-state index in [4.69, 9.17) is 9.47 Å². The number of ether oxygens (including phenoxy) is 2. The normalized spacial score (nSPS) is 34.9. The molecule has 0 saturated carbocycles. The van der Waals surface area contributed by atoms with Crippen LogP contribution in [0.25, 0.3) is 0 Å². The SMILES string of the molecule is CC1(C)CSCC(NCC2COCCO2)C1. The summed E-state index contributed by atoms with van der Waals surface area (Å²) >= 11 is 2.06. The maximum atomic E-state index is 5.63. The Balaban J connectivity index is 1.68. The van der Waals surface area contributed by atoms with Crippen LogP contribution in [-0.2, 0) is 9.47 Å². The third kappa shape index (κ3) is 3.91. The van der Waals surface area contributed by atoms with Gasteiger partial charge in [-0.25, -0.2) is 0 Å². The average molecular weight is 245 g/mol. The molecule has 0 aromatic carbocycles. The molecule has 0 aromatic rings. The van der Waals surface area contributed by atoms with Gasteiger partial charge in [0.2, 0.25) is 0 Å². The highest BCUT2D eigenvalue weighted by Crippen LogP contribution is 2.33. The minimum Gasteiger partial charge on any atom is -0.376 e. The number of thioether (sulfide) groups is 1. The van der Waals surface area contributed by atoms with Crippen LogP contribution >= 0.6 is 11.8 Å². The van der Waals surface area contributed by atoms with Crippen molar-refractivity contribution < 1.29 is 9.47 Å². The molecule has 2 aliphatic heterocycles. The van der Waals surface area contributed by atoms with Crippen LogP contribution in [0, 0.1) is 5.41 Å². The van der Waals surface area contributed by atoms with Crippen LogP contribution in [0.3, 0.4) is 0 Å². The van der Waals surface area contributed by atoms with Crippen molar-refractivity contribution in [3.05, 3.63) is 0 Å². The molecular formula is C12H23NO2S. The Hall–Kier alpha value is 0.230. The summed E-state index contributed by atoms with van der Waals surface area (Å²) in [6.45, 7) is 7.89. The smallest absolute Gasteiger partial charge is 0.0933 e. The first-order valence-corrected chi connectivity index (χ1v) is 7.32. The van der Waals surface area contributed by atoms with E-state index in [9.17, 15) is 0 Å². The first-order valence-electron chi connectivity index (χ1n) is 6.16. The third-order valence-corrected chi connectivity index (χ3v) is 4.75. The number of rotatable bonds is 3. The van der Waals surface area contributed by atoms with Crippen LogP contribution in [-0.4, -0.2) is 50.0 Å². The first-order chi connectivity index (χ1) is 7.66. The summed E-state index contributed by atoms with van der Waals surface area (Å²) in [4.78, 5) is 0. The molecule has 0 spiro atoms. The van der Waals surface area contributed by atoms with E-state index in [0.717, 1.165) is 26.4 Å². The molecular weight excluding hydrogens is 222 g/mol. The van der Waals surface area contributed by atoms with Crippen LogP contribution < -0.4 is 5.32 Å². The number of hydrogen-bond acceptors (Lipinski definition) is 4. The lowest BCUT2D eigenvalue weighted by atomic mass is 9.88. The lowest BCUT2D eigenvalue weighted by Crippen LogP contribution is -2.46.